The molecule has 2 aromatic rings. The van der Waals surface area contributed by atoms with E-state index in [-0.39, 0.29) is 6.04 Å². The lowest BCUT2D eigenvalue weighted by Gasteiger charge is -2.19. The Labute approximate surface area is 134 Å². The summed E-state index contributed by atoms with van der Waals surface area (Å²) in [5, 5.41) is 12.4. The molecule has 2 aromatic heterocycles. The van der Waals surface area contributed by atoms with Gasteiger partial charge in [-0.25, -0.2) is 0 Å². The minimum absolute atomic E-state index is 0.288. The summed E-state index contributed by atoms with van der Waals surface area (Å²) in [5.41, 5.74) is 4.95. The van der Waals surface area contributed by atoms with Gasteiger partial charge in [-0.05, 0) is 54.7 Å². The molecular formula is C15H24BrN5. The Morgan fingerprint density at radius 3 is 2.48 bits per heavy atom. The van der Waals surface area contributed by atoms with Gasteiger partial charge in [0.05, 0.1) is 28.1 Å². The molecule has 0 bridgehead atoms. The predicted octanol–water partition coefficient (Wildman–Crippen LogP) is 2.82. The van der Waals surface area contributed by atoms with Gasteiger partial charge in [-0.3, -0.25) is 9.36 Å². The summed E-state index contributed by atoms with van der Waals surface area (Å²) in [4.78, 5) is 0. The maximum absolute atomic E-state index is 4.50. The average Bonchev–Trinajstić information content (AvgIpc) is 2.88. The van der Waals surface area contributed by atoms with Crippen LogP contribution < -0.4 is 5.32 Å². The molecule has 0 radical (unpaired) electrons. The van der Waals surface area contributed by atoms with E-state index in [4.69, 9.17) is 0 Å². The fraction of sp³-hybridized carbons (Fsp3) is 0.600. The highest BCUT2D eigenvalue weighted by molar-refractivity contribution is 9.10. The maximum Gasteiger partial charge on any atom is 0.0692 e. The van der Waals surface area contributed by atoms with Crippen molar-refractivity contribution in [1.82, 2.24) is 24.9 Å². The monoisotopic (exact) mass is 353 g/mol. The molecule has 1 unspecified atom stereocenters. The maximum atomic E-state index is 4.50. The van der Waals surface area contributed by atoms with Crippen LogP contribution in [0.25, 0.3) is 0 Å². The minimum Gasteiger partial charge on any atom is -0.309 e. The SMILES string of the molecule is CCNC(CCc1c(C)nn(C)c1C)c1c(Br)cnn1C. The molecule has 1 atom stereocenters. The molecule has 0 aliphatic carbocycles. The van der Waals surface area contributed by atoms with Crippen molar-refractivity contribution in [2.24, 2.45) is 14.1 Å². The summed E-state index contributed by atoms with van der Waals surface area (Å²) in [6, 6.07) is 0.288. The molecule has 116 valence electrons. The van der Waals surface area contributed by atoms with Crippen molar-refractivity contribution in [3.63, 3.8) is 0 Å². The summed E-state index contributed by atoms with van der Waals surface area (Å²) in [6.07, 6.45) is 3.90. The zero-order valence-corrected chi connectivity index (χ0v) is 15.0. The Hall–Kier alpha value is -1.14. The van der Waals surface area contributed by atoms with Gasteiger partial charge in [-0.2, -0.15) is 10.2 Å². The van der Waals surface area contributed by atoms with Crippen LogP contribution in [0, 0.1) is 13.8 Å². The molecule has 0 saturated heterocycles. The molecule has 0 aromatic carbocycles. The number of nitrogens with one attached hydrogen (secondary N) is 1. The summed E-state index contributed by atoms with van der Waals surface area (Å²) in [6.45, 7) is 7.30. The first-order chi connectivity index (χ1) is 9.95. The van der Waals surface area contributed by atoms with Gasteiger partial charge in [0.1, 0.15) is 0 Å². The summed E-state index contributed by atoms with van der Waals surface area (Å²) < 4.78 is 4.98. The number of halogens is 1. The van der Waals surface area contributed by atoms with Crippen molar-refractivity contribution in [3.05, 3.63) is 33.3 Å². The van der Waals surface area contributed by atoms with Crippen LogP contribution in [-0.2, 0) is 20.5 Å². The highest BCUT2D eigenvalue weighted by Crippen LogP contribution is 2.27. The largest absolute Gasteiger partial charge is 0.309 e. The third-order valence-electron chi connectivity index (χ3n) is 4.06. The average molecular weight is 354 g/mol. The van der Waals surface area contributed by atoms with Gasteiger partial charge in [0.25, 0.3) is 0 Å². The summed E-state index contributed by atoms with van der Waals surface area (Å²) in [5.74, 6) is 0. The van der Waals surface area contributed by atoms with Gasteiger partial charge in [-0.15, -0.1) is 0 Å². The molecule has 0 aliphatic rings. The molecular weight excluding hydrogens is 330 g/mol. The van der Waals surface area contributed by atoms with E-state index >= 15 is 0 Å². The number of aromatic nitrogens is 4. The highest BCUT2D eigenvalue weighted by atomic mass is 79.9. The molecule has 0 spiro atoms. The first-order valence-corrected chi connectivity index (χ1v) is 8.14. The van der Waals surface area contributed by atoms with Crippen LogP contribution in [-0.4, -0.2) is 26.1 Å². The number of rotatable bonds is 6. The Bertz CT molecular complexity index is 594. The van der Waals surface area contributed by atoms with Crippen LogP contribution in [0.15, 0.2) is 10.7 Å². The lowest BCUT2D eigenvalue weighted by molar-refractivity contribution is 0.478. The van der Waals surface area contributed by atoms with E-state index in [1.54, 1.807) is 0 Å². The van der Waals surface area contributed by atoms with Gasteiger partial charge >= 0.3 is 0 Å². The Balaban J connectivity index is 2.18. The normalized spacial score (nSPS) is 12.9. The van der Waals surface area contributed by atoms with Crippen molar-refractivity contribution in [2.45, 2.75) is 39.7 Å². The van der Waals surface area contributed by atoms with Crippen LogP contribution in [0.4, 0.5) is 0 Å². The number of hydrogen-bond donors (Lipinski definition) is 1. The zero-order valence-electron chi connectivity index (χ0n) is 13.4. The van der Waals surface area contributed by atoms with Crippen molar-refractivity contribution >= 4 is 15.9 Å². The number of hydrogen-bond acceptors (Lipinski definition) is 3. The zero-order chi connectivity index (χ0) is 15.6. The van der Waals surface area contributed by atoms with Gasteiger partial charge < -0.3 is 5.32 Å². The van der Waals surface area contributed by atoms with Crippen molar-refractivity contribution < 1.29 is 0 Å². The van der Waals surface area contributed by atoms with E-state index in [1.165, 1.54) is 17.0 Å². The Morgan fingerprint density at radius 2 is 2.00 bits per heavy atom. The lowest BCUT2D eigenvalue weighted by Crippen LogP contribution is -2.24. The van der Waals surface area contributed by atoms with Crippen LogP contribution in [0.3, 0.4) is 0 Å². The van der Waals surface area contributed by atoms with Crippen LogP contribution in [0.2, 0.25) is 0 Å². The van der Waals surface area contributed by atoms with Gasteiger partial charge in [-0.1, -0.05) is 6.92 Å². The third kappa shape index (κ3) is 3.37. The van der Waals surface area contributed by atoms with Crippen LogP contribution in [0.1, 0.15) is 42.0 Å². The molecule has 5 nitrogen and oxygen atoms in total. The molecule has 21 heavy (non-hydrogen) atoms. The van der Waals surface area contributed by atoms with E-state index < -0.39 is 0 Å². The molecule has 0 amide bonds. The van der Waals surface area contributed by atoms with Crippen LogP contribution >= 0.6 is 15.9 Å². The second kappa shape index (κ2) is 6.75. The van der Waals surface area contributed by atoms with E-state index in [9.17, 15) is 0 Å². The van der Waals surface area contributed by atoms with E-state index in [1.807, 2.05) is 29.7 Å². The fourth-order valence-corrected chi connectivity index (χ4v) is 3.49. The Morgan fingerprint density at radius 1 is 1.29 bits per heavy atom. The number of aryl methyl sites for hydroxylation is 3. The molecule has 0 fully saturated rings. The molecule has 2 rings (SSSR count). The van der Waals surface area contributed by atoms with E-state index in [0.29, 0.717) is 0 Å². The number of nitrogens with zero attached hydrogens (tertiary/aromatic N) is 4. The predicted molar refractivity (Wildman–Crippen MR) is 88.3 cm³/mol. The van der Waals surface area contributed by atoms with Gasteiger partial charge in [0, 0.05) is 19.8 Å². The Kier molecular flexibility index (Phi) is 5.22. The second-order valence-corrected chi connectivity index (χ2v) is 6.28. The standard InChI is InChI=1S/C15H24BrN5/c1-6-17-14(15-13(16)9-18-21(15)5)8-7-12-10(2)19-20(4)11(12)3/h9,14,17H,6-8H2,1-5H3. The summed E-state index contributed by atoms with van der Waals surface area (Å²) >= 11 is 3.61. The van der Waals surface area contributed by atoms with E-state index in [0.717, 1.165) is 29.6 Å². The highest BCUT2D eigenvalue weighted by Gasteiger charge is 2.19. The minimum atomic E-state index is 0.288. The first-order valence-electron chi connectivity index (χ1n) is 7.35. The molecule has 1 N–H and O–H groups in total. The quantitative estimate of drug-likeness (QED) is 0.868. The lowest BCUT2D eigenvalue weighted by atomic mass is 10.0. The van der Waals surface area contributed by atoms with E-state index in [2.05, 4.69) is 52.2 Å². The smallest absolute Gasteiger partial charge is 0.0692 e. The second-order valence-electron chi connectivity index (χ2n) is 5.42. The molecule has 0 aliphatic heterocycles. The van der Waals surface area contributed by atoms with Gasteiger partial charge in [0.2, 0.25) is 0 Å². The molecule has 0 saturated carbocycles. The van der Waals surface area contributed by atoms with Crippen molar-refractivity contribution in [1.29, 1.82) is 0 Å². The third-order valence-corrected chi connectivity index (χ3v) is 4.67. The van der Waals surface area contributed by atoms with Crippen molar-refractivity contribution in [3.8, 4) is 0 Å². The van der Waals surface area contributed by atoms with Crippen LogP contribution in [0.5, 0.6) is 0 Å². The van der Waals surface area contributed by atoms with Gasteiger partial charge in [0.15, 0.2) is 0 Å². The first kappa shape index (κ1) is 16.2. The fourth-order valence-electron chi connectivity index (χ4n) is 2.86. The van der Waals surface area contributed by atoms with Crippen molar-refractivity contribution in [2.75, 3.05) is 6.54 Å². The summed E-state index contributed by atoms with van der Waals surface area (Å²) in [7, 11) is 4.00. The molecule has 2 heterocycles. The topological polar surface area (TPSA) is 47.7 Å². The molecule has 6 heteroatoms.